The van der Waals surface area contributed by atoms with Gasteiger partial charge in [0.2, 0.25) is 0 Å². The number of halogens is 1. The number of nitrogens with zero attached hydrogens (tertiary/aromatic N) is 2. The predicted octanol–water partition coefficient (Wildman–Crippen LogP) is 3.16. The van der Waals surface area contributed by atoms with E-state index in [1.165, 1.54) is 19.4 Å². The standard InChI is InChI=1S/C20H38N4O2.HI/c1-16(2)15-24-13-10-17(11-14-24)23-20(21-3)22-12-6-9-19(25)26-18-7-4-5-8-18;/h16-18H,4-15H2,1-3H3,(H2,21,22,23);1H. The lowest BCUT2D eigenvalue weighted by molar-refractivity contribution is -0.148. The van der Waals surface area contributed by atoms with Gasteiger partial charge in [-0.05, 0) is 50.9 Å². The number of ether oxygens (including phenoxy) is 1. The summed E-state index contributed by atoms with van der Waals surface area (Å²) in [5.74, 6) is 1.52. The molecule has 2 aliphatic rings. The smallest absolute Gasteiger partial charge is 0.306 e. The Balaban J connectivity index is 0.00000364. The molecule has 0 aromatic rings. The molecule has 7 heteroatoms. The van der Waals surface area contributed by atoms with Crippen LogP contribution in [0.1, 0.15) is 65.2 Å². The highest BCUT2D eigenvalue weighted by Crippen LogP contribution is 2.21. The van der Waals surface area contributed by atoms with Crippen molar-refractivity contribution in [3.63, 3.8) is 0 Å². The fraction of sp³-hybridized carbons (Fsp3) is 0.900. The van der Waals surface area contributed by atoms with Crippen LogP contribution in [0.2, 0.25) is 0 Å². The Morgan fingerprint density at radius 2 is 1.85 bits per heavy atom. The zero-order valence-electron chi connectivity index (χ0n) is 17.3. The summed E-state index contributed by atoms with van der Waals surface area (Å²) in [6.45, 7) is 8.79. The minimum atomic E-state index is -0.0563. The van der Waals surface area contributed by atoms with Crippen molar-refractivity contribution in [2.75, 3.05) is 33.2 Å². The van der Waals surface area contributed by atoms with Gasteiger partial charge in [0.05, 0.1) is 0 Å². The van der Waals surface area contributed by atoms with Gasteiger partial charge in [-0.1, -0.05) is 13.8 Å². The van der Waals surface area contributed by atoms with Crippen molar-refractivity contribution in [3.05, 3.63) is 0 Å². The molecule has 1 aliphatic heterocycles. The number of hydrogen-bond acceptors (Lipinski definition) is 4. The van der Waals surface area contributed by atoms with Gasteiger partial charge in [-0.25, -0.2) is 0 Å². The van der Waals surface area contributed by atoms with E-state index in [0.29, 0.717) is 12.5 Å². The van der Waals surface area contributed by atoms with Gasteiger partial charge in [-0.15, -0.1) is 24.0 Å². The number of likely N-dealkylation sites (tertiary alicyclic amines) is 1. The van der Waals surface area contributed by atoms with Gasteiger partial charge in [-0.2, -0.15) is 0 Å². The lowest BCUT2D eigenvalue weighted by atomic mass is 10.0. The summed E-state index contributed by atoms with van der Waals surface area (Å²) in [6.07, 6.45) is 8.20. The van der Waals surface area contributed by atoms with Crippen LogP contribution in [0.15, 0.2) is 4.99 Å². The van der Waals surface area contributed by atoms with Crippen molar-refractivity contribution in [3.8, 4) is 0 Å². The Kier molecular flexibility index (Phi) is 12.3. The first-order chi connectivity index (χ1) is 12.6. The summed E-state index contributed by atoms with van der Waals surface area (Å²) >= 11 is 0. The average Bonchev–Trinajstić information content (AvgIpc) is 3.11. The lowest BCUT2D eigenvalue weighted by Crippen LogP contribution is -2.49. The van der Waals surface area contributed by atoms with Gasteiger partial charge in [0.15, 0.2) is 5.96 Å². The summed E-state index contributed by atoms with van der Waals surface area (Å²) in [7, 11) is 1.80. The molecule has 0 aromatic carbocycles. The number of rotatable bonds is 8. The zero-order valence-corrected chi connectivity index (χ0v) is 19.7. The molecule has 0 bridgehead atoms. The molecule has 1 saturated heterocycles. The Morgan fingerprint density at radius 3 is 2.44 bits per heavy atom. The SMILES string of the molecule is CN=C(NCCCC(=O)OC1CCCC1)NC1CCN(CC(C)C)CC1.I. The van der Waals surface area contributed by atoms with Crippen LogP contribution < -0.4 is 10.6 Å². The monoisotopic (exact) mass is 494 g/mol. The van der Waals surface area contributed by atoms with Crippen molar-refractivity contribution in [1.82, 2.24) is 15.5 Å². The second-order valence-electron chi connectivity index (χ2n) is 8.11. The highest BCUT2D eigenvalue weighted by molar-refractivity contribution is 14.0. The fourth-order valence-electron chi connectivity index (χ4n) is 3.85. The summed E-state index contributed by atoms with van der Waals surface area (Å²) in [5.41, 5.74) is 0. The van der Waals surface area contributed by atoms with E-state index >= 15 is 0 Å². The number of carbonyl (C=O) groups excluding carboxylic acids is 1. The van der Waals surface area contributed by atoms with E-state index in [2.05, 4.69) is 34.4 Å². The number of carbonyl (C=O) groups is 1. The van der Waals surface area contributed by atoms with E-state index in [4.69, 9.17) is 4.74 Å². The number of esters is 1. The zero-order chi connectivity index (χ0) is 18.8. The molecule has 158 valence electrons. The summed E-state index contributed by atoms with van der Waals surface area (Å²) in [4.78, 5) is 18.7. The van der Waals surface area contributed by atoms with Crippen LogP contribution in [0.25, 0.3) is 0 Å². The molecule has 1 aliphatic carbocycles. The fourth-order valence-corrected chi connectivity index (χ4v) is 3.85. The molecule has 2 rings (SSSR count). The molecule has 1 heterocycles. The first-order valence-corrected chi connectivity index (χ1v) is 10.5. The van der Waals surface area contributed by atoms with Gasteiger partial charge < -0.3 is 20.3 Å². The first-order valence-electron chi connectivity index (χ1n) is 10.5. The Hall–Kier alpha value is -0.570. The predicted molar refractivity (Wildman–Crippen MR) is 122 cm³/mol. The molecule has 1 saturated carbocycles. The third kappa shape index (κ3) is 9.96. The van der Waals surface area contributed by atoms with Crippen LogP contribution in [-0.2, 0) is 9.53 Å². The number of hydrogen-bond donors (Lipinski definition) is 2. The minimum Gasteiger partial charge on any atom is -0.462 e. The van der Waals surface area contributed by atoms with Crippen LogP contribution in [0.4, 0.5) is 0 Å². The molecule has 2 N–H and O–H groups in total. The molecule has 27 heavy (non-hydrogen) atoms. The topological polar surface area (TPSA) is 66.0 Å². The molecule has 6 nitrogen and oxygen atoms in total. The quantitative estimate of drug-likeness (QED) is 0.179. The van der Waals surface area contributed by atoms with Gasteiger partial charge >= 0.3 is 5.97 Å². The van der Waals surface area contributed by atoms with Crippen LogP contribution in [0, 0.1) is 5.92 Å². The minimum absolute atomic E-state index is 0. The molecule has 0 atom stereocenters. The van der Waals surface area contributed by atoms with Crippen molar-refractivity contribution < 1.29 is 9.53 Å². The highest BCUT2D eigenvalue weighted by atomic mass is 127. The molecule has 0 amide bonds. The molecule has 0 spiro atoms. The van der Waals surface area contributed by atoms with Crippen molar-refractivity contribution in [2.45, 2.75) is 77.4 Å². The van der Waals surface area contributed by atoms with Crippen LogP contribution in [-0.4, -0.2) is 62.2 Å². The van der Waals surface area contributed by atoms with E-state index in [0.717, 1.165) is 63.6 Å². The number of piperidine rings is 1. The average molecular weight is 494 g/mol. The van der Waals surface area contributed by atoms with E-state index in [-0.39, 0.29) is 36.0 Å². The van der Waals surface area contributed by atoms with E-state index in [9.17, 15) is 4.79 Å². The van der Waals surface area contributed by atoms with Crippen molar-refractivity contribution >= 4 is 35.9 Å². The molecular weight excluding hydrogens is 455 g/mol. The lowest BCUT2D eigenvalue weighted by Gasteiger charge is -2.34. The van der Waals surface area contributed by atoms with Crippen LogP contribution in [0.5, 0.6) is 0 Å². The maximum atomic E-state index is 11.8. The van der Waals surface area contributed by atoms with E-state index < -0.39 is 0 Å². The van der Waals surface area contributed by atoms with Gasteiger partial charge in [0.25, 0.3) is 0 Å². The largest absolute Gasteiger partial charge is 0.462 e. The molecule has 2 fully saturated rings. The number of nitrogens with one attached hydrogen (secondary N) is 2. The third-order valence-electron chi connectivity index (χ3n) is 5.23. The highest BCUT2D eigenvalue weighted by Gasteiger charge is 2.21. The van der Waals surface area contributed by atoms with Crippen molar-refractivity contribution in [1.29, 1.82) is 0 Å². The number of aliphatic imine (C=N–C) groups is 1. The maximum absolute atomic E-state index is 11.8. The number of guanidine groups is 1. The van der Waals surface area contributed by atoms with Crippen molar-refractivity contribution in [2.24, 2.45) is 10.9 Å². The summed E-state index contributed by atoms with van der Waals surface area (Å²) in [6, 6.07) is 0.483. The van der Waals surface area contributed by atoms with Crippen LogP contribution in [0.3, 0.4) is 0 Å². The van der Waals surface area contributed by atoms with Gasteiger partial charge in [-0.3, -0.25) is 9.79 Å². The van der Waals surface area contributed by atoms with E-state index in [1.54, 1.807) is 7.05 Å². The molecular formula is C20H39IN4O2. The Bertz CT molecular complexity index is 445. The summed E-state index contributed by atoms with van der Waals surface area (Å²) < 4.78 is 5.49. The van der Waals surface area contributed by atoms with Crippen LogP contribution >= 0.6 is 24.0 Å². The molecule has 0 radical (unpaired) electrons. The Labute approximate surface area is 182 Å². The molecule has 0 unspecified atom stereocenters. The third-order valence-corrected chi connectivity index (χ3v) is 5.23. The van der Waals surface area contributed by atoms with Gasteiger partial charge in [0.1, 0.15) is 6.10 Å². The summed E-state index contributed by atoms with van der Waals surface area (Å²) in [5, 5.41) is 6.85. The Morgan fingerprint density at radius 1 is 1.19 bits per heavy atom. The normalized spacial score (nSPS) is 19.8. The maximum Gasteiger partial charge on any atom is 0.306 e. The second kappa shape index (κ2) is 13.6. The first kappa shape index (κ1) is 24.5. The molecule has 0 aromatic heterocycles. The van der Waals surface area contributed by atoms with E-state index in [1.807, 2.05) is 0 Å². The van der Waals surface area contributed by atoms with Gasteiger partial charge in [0, 0.05) is 45.7 Å². The second-order valence-corrected chi connectivity index (χ2v) is 8.11.